The summed E-state index contributed by atoms with van der Waals surface area (Å²) in [4.78, 5) is 24.6. The molecular weight excluding hydrogens is 230 g/mol. The Bertz CT molecular complexity index is 342. The zero-order valence-electron chi connectivity index (χ0n) is 11.3. The smallest absolute Gasteiger partial charge is 0.326 e. The molecule has 0 aromatic rings. The first-order chi connectivity index (χ1) is 8.52. The lowest BCUT2D eigenvalue weighted by molar-refractivity contribution is -0.149. The highest BCUT2D eigenvalue weighted by Gasteiger charge is 2.41. The Hall–Kier alpha value is -1.06. The monoisotopic (exact) mass is 253 g/mol. The fraction of sp³-hybridized carbons (Fsp3) is 0.857. The van der Waals surface area contributed by atoms with Gasteiger partial charge in [0.15, 0.2) is 0 Å². The van der Waals surface area contributed by atoms with Crippen LogP contribution in [0.4, 0.5) is 0 Å². The molecule has 0 heterocycles. The van der Waals surface area contributed by atoms with Gasteiger partial charge in [-0.1, -0.05) is 13.3 Å². The number of hydrogen-bond acceptors (Lipinski definition) is 2. The van der Waals surface area contributed by atoms with Crippen LogP contribution >= 0.6 is 0 Å². The van der Waals surface area contributed by atoms with Crippen molar-refractivity contribution in [3.8, 4) is 0 Å². The van der Waals surface area contributed by atoms with Gasteiger partial charge < -0.3 is 10.0 Å². The third-order valence-corrected chi connectivity index (χ3v) is 4.85. The molecule has 0 aliphatic heterocycles. The van der Waals surface area contributed by atoms with Gasteiger partial charge in [-0.25, -0.2) is 4.79 Å². The molecule has 2 rings (SSSR count). The third-order valence-electron chi connectivity index (χ3n) is 4.85. The van der Waals surface area contributed by atoms with E-state index in [9.17, 15) is 9.59 Å². The second-order valence-electron chi connectivity index (χ2n) is 5.91. The van der Waals surface area contributed by atoms with Crippen molar-refractivity contribution in [1.82, 2.24) is 4.90 Å². The van der Waals surface area contributed by atoms with Crippen molar-refractivity contribution < 1.29 is 14.7 Å². The Morgan fingerprint density at radius 3 is 2.50 bits per heavy atom. The Kier molecular flexibility index (Phi) is 3.93. The van der Waals surface area contributed by atoms with Crippen LogP contribution < -0.4 is 0 Å². The summed E-state index contributed by atoms with van der Waals surface area (Å²) < 4.78 is 0. The fourth-order valence-corrected chi connectivity index (χ4v) is 3.78. The van der Waals surface area contributed by atoms with Gasteiger partial charge in [0.25, 0.3) is 0 Å². The zero-order valence-corrected chi connectivity index (χ0v) is 11.3. The average Bonchev–Trinajstić information content (AvgIpc) is 2.91. The number of fused-ring (bicyclic) bond motifs is 2. The van der Waals surface area contributed by atoms with E-state index in [-0.39, 0.29) is 5.91 Å². The second kappa shape index (κ2) is 5.29. The van der Waals surface area contributed by atoms with Gasteiger partial charge in [0, 0.05) is 13.5 Å². The molecule has 1 N–H and O–H groups in total. The molecule has 0 radical (unpaired) electrons. The van der Waals surface area contributed by atoms with E-state index in [0.717, 1.165) is 11.8 Å². The highest BCUT2D eigenvalue weighted by atomic mass is 16.4. The molecule has 4 nitrogen and oxygen atoms in total. The van der Waals surface area contributed by atoms with Crippen LogP contribution in [0.25, 0.3) is 0 Å². The van der Waals surface area contributed by atoms with Crippen molar-refractivity contribution in [1.29, 1.82) is 0 Å². The lowest BCUT2D eigenvalue weighted by atomic mass is 9.86. The first kappa shape index (κ1) is 13.4. The number of likely N-dealkylation sites (N-methyl/N-ethyl adjacent to an activating group) is 1. The minimum absolute atomic E-state index is 0.00167. The number of carbonyl (C=O) groups excluding carboxylic acids is 1. The molecule has 2 aliphatic carbocycles. The lowest BCUT2D eigenvalue weighted by Gasteiger charge is -2.27. The molecule has 2 saturated carbocycles. The summed E-state index contributed by atoms with van der Waals surface area (Å²) in [7, 11) is 1.62. The highest BCUT2D eigenvalue weighted by molar-refractivity contribution is 5.83. The minimum atomic E-state index is -0.902. The number of aliphatic carboxylic acids is 1. The van der Waals surface area contributed by atoms with Crippen LogP contribution in [0.5, 0.6) is 0 Å². The third kappa shape index (κ3) is 2.52. The minimum Gasteiger partial charge on any atom is -0.480 e. The van der Waals surface area contributed by atoms with E-state index in [4.69, 9.17) is 5.11 Å². The first-order valence-electron chi connectivity index (χ1n) is 7.01. The van der Waals surface area contributed by atoms with Crippen LogP contribution in [-0.4, -0.2) is 35.0 Å². The topological polar surface area (TPSA) is 57.6 Å². The largest absolute Gasteiger partial charge is 0.480 e. The molecule has 1 amide bonds. The SMILES string of the molecule is CCC(C(=O)O)N(C)C(=O)CC1CC2CCC1C2. The molecule has 0 aromatic heterocycles. The van der Waals surface area contributed by atoms with Gasteiger partial charge in [-0.2, -0.15) is 0 Å². The summed E-state index contributed by atoms with van der Waals surface area (Å²) >= 11 is 0. The molecule has 0 saturated heterocycles. The van der Waals surface area contributed by atoms with Crippen LogP contribution in [0.3, 0.4) is 0 Å². The van der Waals surface area contributed by atoms with E-state index in [1.807, 2.05) is 0 Å². The van der Waals surface area contributed by atoms with E-state index in [1.54, 1.807) is 14.0 Å². The van der Waals surface area contributed by atoms with E-state index >= 15 is 0 Å². The second-order valence-corrected chi connectivity index (χ2v) is 5.91. The average molecular weight is 253 g/mol. The Morgan fingerprint density at radius 2 is 2.06 bits per heavy atom. The quantitative estimate of drug-likeness (QED) is 0.816. The molecule has 2 bridgehead atoms. The van der Waals surface area contributed by atoms with Crippen molar-refractivity contribution in [2.75, 3.05) is 7.05 Å². The molecule has 18 heavy (non-hydrogen) atoms. The molecular formula is C14H23NO3. The Labute approximate surface area is 108 Å². The fourth-order valence-electron chi connectivity index (χ4n) is 3.78. The molecule has 102 valence electrons. The molecule has 2 fully saturated rings. The van der Waals surface area contributed by atoms with E-state index < -0.39 is 12.0 Å². The van der Waals surface area contributed by atoms with E-state index in [0.29, 0.717) is 18.8 Å². The van der Waals surface area contributed by atoms with Crippen molar-refractivity contribution >= 4 is 11.9 Å². The summed E-state index contributed by atoms with van der Waals surface area (Å²) in [6, 6.07) is -0.670. The summed E-state index contributed by atoms with van der Waals surface area (Å²) in [6.07, 6.45) is 6.07. The van der Waals surface area contributed by atoms with Crippen molar-refractivity contribution in [3.05, 3.63) is 0 Å². The first-order valence-corrected chi connectivity index (χ1v) is 7.01. The molecule has 4 unspecified atom stereocenters. The molecule has 0 aromatic carbocycles. The van der Waals surface area contributed by atoms with Gasteiger partial charge >= 0.3 is 5.97 Å². The molecule has 4 heteroatoms. The standard InChI is InChI=1S/C14H23NO3/c1-3-12(14(17)18)15(2)13(16)8-11-7-9-4-5-10(11)6-9/h9-12H,3-8H2,1-2H3,(H,17,18). The summed E-state index contributed by atoms with van der Waals surface area (Å²) in [5.41, 5.74) is 0. The summed E-state index contributed by atoms with van der Waals surface area (Å²) in [6.45, 7) is 1.81. The predicted molar refractivity (Wildman–Crippen MR) is 68.0 cm³/mol. The maximum absolute atomic E-state index is 12.1. The number of amides is 1. The predicted octanol–water partition coefficient (Wildman–Crippen LogP) is 2.13. The van der Waals surface area contributed by atoms with Crippen molar-refractivity contribution in [3.63, 3.8) is 0 Å². The maximum atomic E-state index is 12.1. The molecule has 0 spiro atoms. The van der Waals surface area contributed by atoms with Gasteiger partial charge in [-0.05, 0) is 43.4 Å². The molecule has 4 atom stereocenters. The summed E-state index contributed by atoms with van der Waals surface area (Å²) in [5, 5.41) is 9.06. The van der Waals surface area contributed by atoms with Crippen LogP contribution in [0.15, 0.2) is 0 Å². The van der Waals surface area contributed by atoms with Crippen molar-refractivity contribution in [2.24, 2.45) is 17.8 Å². The van der Waals surface area contributed by atoms with Crippen LogP contribution in [0.2, 0.25) is 0 Å². The highest BCUT2D eigenvalue weighted by Crippen LogP contribution is 2.49. The van der Waals surface area contributed by atoms with Crippen LogP contribution in [0, 0.1) is 17.8 Å². The van der Waals surface area contributed by atoms with Gasteiger partial charge in [0.05, 0.1) is 0 Å². The Balaban J connectivity index is 1.89. The molecule has 2 aliphatic rings. The number of hydrogen-bond donors (Lipinski definition) is 1. The van der Waals surface area contributed by atoms with E-state index in [2.05, 4.69) is 0 Å². The van der Waals surface area contributed by atoms with Gasteiger partial charge in [-0.3, -0.25) is 4.79 Å². The van der Waals surface area contributed by atoms with Gasteiger partial charge in [0.2, 0.25) is 5.91 Å². The number of carbonyl (C=O) groups is 2. The van der Waals surface area contributed by atoms with Gasteiger partial charge in [-0.15, -0.1) is 0 Å². The van der Waals surface area contributed by atoms with Crippen LogP contribution in [-0.2, 0) is 9.59 Å². The summed E-state index contributed by atoms with van der Waals surface area (Å²) in [5.74, 6) is 1.16. The number of rotatable bonds is 5. The Morgan fingerprint density at radius 1 is 1.33 bits per heavy atom. The van der Waals surface area contributed by atoms with Crippen molar-refractivity contribution in [2.45, 2.75) is 51.5 Å². The maximum Gasteiger partial charge on any atom is 0.326 e. The normalized spacial score (nSPS) is 31.3. The zero-order chi connectivity index (χ0) is 13.3. The number of carboxylic acid groups (broad SMARTS) is 1. The number of carboxylic acids is 1. The van der Waals surface area contributed by atoms with Gasteiger partial charge in [0.1, 0.15) is 6.04 Å². The number of nitrogens with zero attached hydrogens (tertiary/aromatic N) is 1. The van der Waals surface area contributed by atoms with Crippen LogP contribution in [0.1, 0.15) is 45.4 Å². The van der Waals surface area contributed by atoms with E-state index in [1.165, 1.54) is 30.6 Å². The lowest BCUT2D eigenvalue weighted by Crippen LogP contribution is -2.42.